The first-order chi connectivity index (χ1) is 14.9. The Morgan fingerprint density at radius 3 is 2.55 bits per heavy atom. The Morgan fingerprint density at radius 1 is 1.16 bits per heavy atom. The Bertz CT molecular complexity index is 953. The highest BCUT2D eigenvalue weighted by atomic mass is 32.1. The van der Waals surface area contributed by atoms with Crippen LogP contribution in [0.3, 0.4) is 0 Å². The zero-order valence-electron chi connectivity index (χ0n) is 18.1. The number of hydrogen-bond donors (Lipinski definition) is 2. The molecule has 0 spiro atoms. The topological polar surface area (TPSA) is 76.7 Å². The number of benzene rings is 1. The van der Waals surface area contributed by atoms with Gasteiger partial charge in [0.05, 0.1) is 18.3 Å². The molecule has 3 rings (SSSR count). The van der Waals surface area contributed by atoms with Crippen molar-refractivity contribution in [2.75, 3.05) is 11.9 Å². The summed E-state index contributed by atoms with van der Waals surface area (Å²) >= 11 is 6.86. The second-order valence-corrected chi connectivity index (χ2v) is 8.92. The first-order valence-corrected chi connectivity index (χ1v) is 11.9. The Labute approximate surface area is 192 Å². The van der Waals surface area contributed by atoms with Gasteiger partial charge in [-0.1, -0.05) is 6.92 Å². The van der Waals surface area contributed by atoms with Crippen LogP contribution in [0.1, 0.15) is 71.2 Å². The molecule has 0 bridgehead atoms. The van der Waals surface area contributed by atoms with Crippen LogP contribution < -0.4 is 15.4 Å². The van der Waals surface area contributed by atoms with Gasteiger partial charge in [-0.05, 0) is 88.0 Å². The molecule has 1 aliphatic rings. The first kappa shape index (κ1) is 23.2. The molecule has 1 aliphatic carbocycles. The number of carbonyl (C=O) groups excluding carboxylic acids is 2. The second kappa shape index (κ2) is 10.7. The number of carbonyl (C=O) groups is 2. The number of ether oxygens (including phenoxy) is 2. The lowest BCUT2D eigenvalue weighted by Crippen LogP contribution is -2.34. The number of fused-ring (bicyclic) bond motifs is 1. The number of hydrogen-bond acceptors (Lipinski definition) is 6. The normalized spacial score (nSPS) is 13.6. The van der Waals surface area contributed by atoms with Crippen LogP contribution in [0.25, 0.3) is 0 Å². The largest absolute Gasteiger partial charge is 0.491 e. The van der Waals surface area contributed by atoms with Gasteiger partial charge in [0.15, 0.2) is 5.11 Å². The van der Waals surface area contributed by atoms with E-state index >= 15 is 0 Å². The van der Waals surface area contributed by atoms with Crippen molar-refractivity contribution in [1.82, 2.24) is 5.32 Å². The summed E-state index contributed by atoms with van der Waals surface area (Å²) in [7, 11) is 0. The fourth-order valence-electron chi connectivity index (χ4n) is 3.38. The molecular weight excluding hydrogens is 432 g/mol. The highest BCUT2D eigenvalue weighted by Gasteiger charge is 2.27. The van der Waals surface area contributed by atoms with Crippen molar-refractivity contribution in [2.24, 2.45) is 0 Å². The molecule has 1 atom stereocenters. The summed E-state index contributed by atoms with van der Waals surface area (Å²) in [6.07, 6.45) is 4.97. The van der Waals surface area contributed by atoms with E-state index in [4.69, 9.17) is 21.7 Å². The molecule has 2 aromatic rings. The summed E-state index contributed by atoms with van der Waals surface area (Å²) < 4.78 is 11.0. The predicted octanol–water partition coefficient (Wildman–Crippen LogP) is 5.11. The Balaban J connectivity index is 1.68. The minimum absolute atomic E-state index is 0.113. The number of rotatable bonds is 7. The fourth-order valence-corrected chi connectivity index (χ4v) is 4.92. The van der Waals surface area contributed by atoms with E-state index in [-0.39, 0.29) is 23.1 Å². The zero-order valence-corrected chi connectivity index (χ0v) is 19.7. The molecule has 0 radical (unpaired) electrons. The minimum atomic E-state index is -0.351. The fraction of sp³-hybridized carbons (Fsp3) is 0.435. The monoisotopic (exact) mass is 460 g/mol. The Morgan fingerprint density at radius 2 is 1.87 bits per heavy atom. The maximum absolute atomic E-state index is 12.6. The molecule has 166 valence electrons. The van der Waals surface area contributed by atoms with Crippen molar-refractivity contribution in [3.63, 3.8) is 0 Å². The van der Waals surface area contributed by atoms with Gasteiger partial charge in [-0.2, -0.15) is 0 Å². The van der Waals surface area contributed by atoms with Crippen molar-refractivity contribution in [1.29, 1.82) is 0 Å². The average Bonchev–Trinajstić information content (AvgIpc) is 3.11. The van der Waals surface area contributed by atoms with Crippen LogP contribution in [-0.2, 0) is 17.6 Å². The third-order valence-corrected chi connectivity index (χ3v) is 6.55. The number of anilines is 1. The molecule has 1 heterocycles. The van der Waals surface area contributed by atoms with Crippen LogP contribution in [0.15, 0.2) is 24.3 Å². The van der Waals surface area contributed by atoms with E-state index in [1.807, 2.05) is 6.92 Å². The van der Waals surface area contributed by atoms with E-state index in [0.717, 1.165) is 43.4 Å². The van der Waals surface area contributed by atoms with Crippen LogP contribution in [0.2, 0.25) is 0 Å². The van der Waals surface area contributed by atoms with Gasteiger partial charge >= 0.3 is 5.97 Å². The summed E-state index contributed by atoms with van der Waals surface area (Å²) in [5, 5.41) is 6.51. The number of nitrogens with one attached hydrogen (secondary N) is 2. The number of esters is 1. The lowest BCUT2D eigenvalue weighted by atomic mass is 9.95. The maximum Gasteiger partial charge on any atom is 0.341 e. The molecule has 1 aromatic heterocycles. The van der Waals surface area contributed by atoms with Crippen LogP contribution in [0.4, 0.5) is 5.00 Å². The van der Waals surface area contributed by atoms with Crippen molar-refractivity contribution < 1.29 is 19.1 Å². The summed E-state index contributed by atoms with van der Waals surface area (Å²) in [6, 6.07) is 6.93. The molecule has 0 fully saturated rings. The van der Waals surface area contributed by atoms with Crippen molar-refractivity contribution in [3.05, 3.63) is 45.8 Å². The molecule has 0 saturated carbocycles. The third kappa shape index (κ3) is 5.83. The maximum atomic E-state index is 12.6. The highest BCUT2D eigenvalue weighted by molar-refractivity contribution is 7.80. The molecule has 0 unspecified atom stereocenters. The van der Waals surface area contributed by atoms with Gasteiger partial charge < -0.3 is 14.8 Å². The SMILES string of the molecule is CCOC(=O)c1c(NC(=S)NC(=O)c2ccc(O[C@H](C)CC)cc2)sc2c1CCCC2. The van der Waals surface area contributed by atoms with Crippen LogP contribution in [0, 0.1) is 0 Å². The van der Waals surface area contributed by atoms with Crippen LogP contribution in [0.5, 0.6) is 5.75 Å². The van der Waals surface area contributed by atoms with Crippen LogP contribution in [-0.4, -0.2) is 29.7 Å². The van der Waals surface area contributed by atoms with E-state index < -0.39 is 0 Å². The lowest BCUT2D eigenvalue weighted by Gasteiger charge is -2.13. The van der Waals surface area contributed by atoms with Gasteiger partial charge in [-0.25, -0.2) is 4.79 Å². The number of amides is 1. The van der Waals surface area contributed by atoms with E-state index in [2.05, 4.69) is 17.6 Å². The smallest absolute Gasteiger partial charge is 0.341 e. The Kier molecular flexibility index (Phi) is 8.03. The summed E-state index contributed by atoms with van der Waals surface area (Å²) in [5.41, 5.74) is 2.06. The predicted molar refractivity (Wildman–Crippen MR) is 127 cm³/mol. The zero-order chi connectivity index (χ0) is 22.4. The van der Waals surface area contributed by atoms with Gasteiger partial charge in [-0.3, -0.25) is 10.1 Å². The number of aryl methyl sites for hydroxylation is 1. The lowest BCUT2D eigenvalue weighted by molar-refractivity contribution is 0.0526. The molecule has 1 aromatic carbocycles. The average molecular weight is 461 g/mol. The van der Waals surface area contributed by atoms with E-state index in [1.54, 1.807) is 31.2 Å². The number of thiocarbonyl (C=S) groups is 1. The van der Waals surface area contributed by atoms with Gasteiger partial charge in [0, 0.05) is 10.4 Å². The molecule has 0 saturated heterocycles. The van der Waals surface area contributed by atoms with Gasteiger partial charge in [0.25, 0.3) is 5.91 Å². The van der Waals surface area contributed by atoms with E-state index in [9.17, 15) is 9.59 Å². The molecule has 8 heteroatoms. The molecule has 0 aliphatic heterocycles. The highest BCUT2D eigenvalue weighted by Crippen LogP contribution is 2.38. The molecule has 1 amide bonds. The summed E-state index contributed by atoms with van der Waals surface area (Å²) in [5.74, 6) is 0.0388. The molecule has 31 heavy (non-hydrogen) atoms. The standard InChI is InChI=1S/C23H28N2O4S2/c1-4-14(3)29-16-12-10-15(11-13-16)20(26)24-23(30)25-21-19(22(27)28-5-2)17-8-6-7-9-18(17)31-21/h10-14H,4-9H2,1-3H3,(H2,24,25,26,30)/t14-/m1/s1. The van der Waals surface area contributed by atoms with Crippen molar-refractivity contribution in [2.45, 2.75) is 59.0 Å². The minimum Gasteiger partial charge on any atom is -0.491 e. The first-order valence-electron chi connectivity index (χ1n) is 10.6. The molecule has 2 N–H and O–H groups in total. The van der Waals surface area contributed by atoms with Crippen LogP contribution >= 0.6 is 23.6 Å². The summed E-state index contributed by atoms with van der Waals surface area (Å²) in [6.45, 7) is 6.14. The second-order valence-electron chi connectivity index (χ2n) is 7.40. The third-order valence-electron chi connectivity index (χ3n) is 5.13. The van der Waals surface area contributed by atoms with Gasteiger partial charge in [-0.15, -0.1) is 11.3 Å². The van der Waals surface area contributed by atoms with Gasteiger partial charge in [0.1, 0.15) is 10.8 Å². The summed E-state index contributed by atoms with van der Waals surface area (Å²) in [4.78, 5) is 26.3. The Hall–Kier alpha value is -2.45. The molecule has 6 nitrogen and oxygen atoms in total. The van der Waals surface area contributed by atoms with E-state index in [1.165, 1.54) is 16.2 Å². The van der Waals surface area contributed by atoms with Gasteiger partial charge in [0.2, 0.25) is 0 Å². The van der Waals surface area contributed by atoms with Crippen molar-refractivity contribution >= 4 is 45.5 Å². The quantitative estimate of drug-likeness (QED) is 0.442. The number of thiophene rings is 1. The van der Waals surface area contributed by atoms with E-state index in [0.29, 0.717) is 22.7 Å². The van der Waals surface area contributed by atoms with Crippen molar-refractivity contribution in [3.8, 4) is 5.75 Å². The molecular formula is C23H28N2O4S2.